The number of fused-ring (bicyclic) bond motifs is 1. The Morgan fingerprint density at radius 2 is 1.89 bits per heavy atom. The third-order valence-corrected chi connectivity index (χ3v) is 4.87. The molecule has 19 heavy (non-hydrogen) atoms. The quantitative estimate of drug-likeness (QED) is 0.932. The van der Waals surface area contributed by atoms with E-state index in [0.717, 1.165) is 17.2 Å². The highest BCUT2D eigenvalue weighted by Crippen LogP contribution is 2.23. The van der Waals surface area contributed by atoms with Gasteiger partial charge in [0.2, 0.25) is 10.0 Å². The predicted octanol–water partition coefficient (Wildman–Crippen LogP) is 1.91. The molecule has 4 nitrogen and oxygen atoms in total. The van der Waals surface area contributed by atoms with E-state index in [4.69, 9.17) is 4.74 Å². The predicted molar refractivity (Wildman–Crippen MR) is 73.5 cm³/mol. The highest BCUT2D eigenvalue weighted by molar-refractivity contribution is 7.89. The molecule has 2 aromatic rings. The second-order valence-corrected chi connectivity index (χ2v) is 6.34. The Morgan fingerprint density at radius 3 is 2.68 bits per heavy atom. The van der Waals surface area contributed by atoms with Gasteiger partial charge in [0.1, 0.15) is 0 Å². The van der Waals surface area contributed by atoms with E-state index >= 15 is 0 Å². The summed E-state index contributed by atoms with van der Waals surface area (Å²) >= 11 is 0. The van der Waals surface area contributed by atoms with Crippen LogP contribution in [-0.4, -0.2) is 27.7 Å². The number of hydrogen-bond acceptors (Lipinski definition) is 3. The van der Waals surface area contributed by atoms with Gasteiger partial charge in [-0.15, -0.1) is 0 Å². The van der Waals surface area contributed by atoms with Gasteiger partial charge in [-0.2, -0.15) is 0 Å². The monoisotopic (exact) mass is 277 g/mol. The molecule has 0 spiro atoms. The number of rotatable bonds is 3. The molecule has 2 aromatic carbocycles. The lowest BCUT2D eigenvalue weighted by Gasteiger charge is -2.13. The molecule has 1 saturated heterocycles. The van der Waals surface area contributed by atoms with Crippen molar-refractivity contribution >= 4 is 20.8 Å². The van der Waals surface area contributed by atoms with Crippen LogP contribution in [0.5, 0.6) is 0 Å². The van der Waals surface area contributed by atoms with Crippen LogP contribution in [0, 0.1) is 0 Å². The molecule has 100 valence electrons. The summed E-state index contributed by atoms with van der Waals surface area (Å²) in [6.07, 6.45) is 0.726. The molecule has 0 saturated carbocycles. The first-order valence-electron chi connectivity index (χ1n) is 6.25. The SMILES string of the molecule is O=S(=O)(NC1CCOC1)c1cccc2ccccc12. The van der Waals surface area contributed by atoms with Crippen LogP contribution >= 0.6 is 0 Å². The Kier molecular flexibility index (Phi) is 3.26. The van der Waals surface area contributed by atoms with Crippen LogP contribution < -0.4 is 4.72 Å². The Morgan fingerprint density at radius 1 is 1.11 bits per heavy atom. The summed E-state index contributed by atoms with van der Waals surface area (Å²) in [6, 6.07) is 12.7. The van der Waals surface area contributed by atoms with Crippen LogP contribution in [0.3, 0.4) is 0 Å². The van der Waals surface area contributed by atoms with Crippen molar-refractivity contribution in [2.75, 3.05) is 13.2 Å². The highest BCUT2D eigenvalue weighted by atomic mass is 32.2. The highest BCUT2D eigenvalue weighted by Gasteiger charge is 2.24. The molecule has 1 unspecified atom stereocenters. The van der Waals surface area contributed by atoms with Gasteiger partial charge >= 0.3 is 0 Å². The minimum absolute atomic E-state index is 0.121. The molecule has 5 heteroatoms. The summed E-state index contributed by atoms with van der Waals surface area (Å²) in [5.41, 5.74) is 0. The zero-order chi connectivity index (χ0) is 13.3. The van der Waals surface area contributed by atoms with Gasteiger partial charge in [0.05, 0.1) is 11.5 Å². The van der Waals surface area contributed by atoms with Gasteiger partial charge in [0.25, 0.3) is 0 Å². The van der Waals surface area contributed by atoms with Crippen molar-refractivity contribution in [2.45, 2.75) is 17.4 Å². The largest absolute Gasteiger partial charge is 0.380 e. The fourth-order valence-corrected chi connectivity index (χ4v) is 3.83. The normalized spacial score (nSPS) is 19.9. The van der Waals surface area contributed by atoms with E-state index in [2.05, 4.69) is 4.72 Å². The molecule has 0 aliphatic carbocycles. The summed E-state index contributed by atoms with van der Waals surface area (Å²) in [5.74, 6) is 0. The first-order chi connectivity index (χ1) is 9.17. The van der Waals surface area contributed by atoms with Crippen LogP contribution in [0.15, 0.2) is 47.4 Å². The molecule has 1 atom stereocenters. The zero-order valence-corrected chi connectivity index (χ0v) is 11.2. The van der Waals surface area contributed by atoms with Crippen LogP contribution in [0.4, 0.5) is 0 Å². The molecule has 1 N–H and O–H groups in total. The van der Waals surface area contributed by atoms with E-state index in [-0.39, 0.29) is 6.04 Å². The number of hydrogen-bond donors (Lipinski definition) is 1. The van der Waals surface area contributed by atoms with Gasteiger partial charge in [-0.25, -0.2) is 13.1 Å². The average molecular weight is 277 g/mol. The fourth-order valence-electron chi connectivity index (χ4n) is 2.34. The summed E-state index contributed by atoms with van der Waals surface area (Å²) in [4.78, 5) is 0.331. The van der Waals surface area contributed by atoms with E-state index in [0.29, 0.717) is 18.1 Å². The van der Waals surface area contributed by atoms with Crippen LogP contribution in [-0.2, 0) is 14.8 Å². The topological polar surface area (TPSA) is 55.4 Å². The molecule has 0 radical (unpaired) electrons. The Labute approximate surface area is 112 Å². The van der Waals surface area contributed by atoms with Crippen molar-refractivity contribution < 1.29 is 13.2 Å². The van der Waals surface area contributed by atoms with Crippen molar-refractivity contribution in [2.24, 2.45) is 0 Å². The maximum Gasteiger partial charge on any atom is 0.241 e. The second kappa shape index (κ2) is 4.92. The maximum atomic E-state index is 12.4. The van der Waals surface area contributed by atoms with E-state index in [9.17, 15) is 8.42 Å². The van der Waals surface area contributed by atoms with Crippen molar-refractivity contribution in [1.82, 2.24) is 4.72 Å². The Bertz CT molecular complexity index is 685. The van der Waals surface area contributed by atoms with E-state index < -0.39 is 10.0 Å². The van der Waals surface area contributed by atoms with Gasteiger partial charge in [-0.05, 0) is 17.9 Å². The number of nitrogens with one attached hydrogen (secondary N) is 1. The van der Waals surface area contributed by atoms with Gasteiger partial charge in [0.15, 0.2) is 0 Å². The lowest BCUT2D eigenvalue weighted by molar-refractivity contribution is 0.192. The second-order valence-electron chi connectivity index (χ2n) is 4.66. The van der Waals surface area contributed by atoms with E-state index in [1.807, 2.05) is 30.3 Å². The number of sulfonamides is 1. The Balaban J connectivity index is 2.02. The summed E-state index contributed by atoms with van der Waals surface area (Å²) in [7, 11) is -3.50. The van der Waals surface area contributed by atoms with Crippen molar-refractivity contribution in [3.8, 4) is 0 Å². The van der Waals surface area contributed by atoms with Gasteiger partial charge in [-0.1, -0.05) is 36.4 Å². The summed E-state index contributed by atoms with van der Waals surface area (Å²) < 4.78 is 32.8. The number of benzene rings is 2. The molecule has 1 aliphatic rings. The van der Waals surface area contributed by atoms with E-state index in [1.54, 1.807) is 12.1 Å². The first kappa shape index (κ1) is 12.6. The Hall–Kier alpha value is -1.43. The van der Waals surface area contributed by atoms with Crippen molar-refractivity contribution in [3.63, 3.8) is 0 Å². The fraction of sp³-hybridized carbons (Fsp3) is 0.286. The zero-order valence-electron chi connectivity index (χ0n) is 10.4. The smallest absolute Gasteiger partial charge is 0.241 e. The van der Waals surface area contributed by atoms with Gasteiger partial charge in [0, 0.05) is 18.0 Å². The lowest BCUT2D eigenvalue weighted by Crippen LogP contribution is -2.35. The van der Waals surface area contributed by atoms with Gasteiger partial charge in [-0.3, -0.25) is 0 Å². The average Bonchev–Trinajstić information content (AvgIpc) is 2.90. The maximum absolute atomic E-state index is 12.4. The van der Waals surface area contributed by atoms with Crippen molar-refractivity contribution in [1.29, 1.82) is 0 Å². The van der Waals surface area contributed by atoms with Gasteiger partial charge < -0.3 is 4.74 Å². The number of ether oxygens (including phenoxy) is 1. The van der Waals surface area contributed by atoms with Crippen LogP contribution in [0.25, 0.3) is 10.8 Å². The summed E-state index contributed by atoms with van der Waals surface area (Å²) in [6.45, 7) is 1.06. The molecule has 3 rings (SSSR count). The molecule has 1 aliphatic heterocycles. The lowest BCUT2D eigenvalue weighted by atomic mass is 10.1. The molecule has 0 aromatic heterocycles. The molecule has 1 fully saturated rings. The summed E-state index contributed by atoms with van der Waals surface area (Å²) in [5, 5.41) is 1.67. The third-order valence-electron chi connectivity index (χ3n) is 3.29. The molecular formula is C14H15NO3S. The first-order valence-corrected chi connectivity index (χ1v) is 7.73. The molecule has 0 bridgehead atoms. The molecule has 0 amide bonds. The van der Waals surface area contributed by atoms with Crippen molar-refractivity contribution in [3.05, 3.63) is 42.5 Å². The third kappa shape index (κ3) is 2.49. The van der Waals surface area contributed by atoms with Crippen LogP contribution in [0.1, 0.15) is 6.42 Å². The van der Waals surface area contributed by atoms with Crippen LogP contribution in [0.2, 0.25) is 0 Å². The minimum atomic E-state index is -3.50. The molecular weight excluding hydrogens is 262 g/mol. The molecule has 1 heterocycles. The van der Waals surface area contributed by atoms with E-state index in [1.165, 1.54) is 0 Å². The minimum Gasteiger partial charge on any atom is -0.380 e. The standard InChI is InChI=1S/C14H15NO3S/c16-19(17,15-12-8-9-18-10-12)14-7-3-5-11-4-1-2-6-13(11)14/h1-7,12,15H,8-10H2.